The van der Waals surface area contributed by atoms with Crippen molar-refractivity contribution in [1.29, 1.82) is 0 Å². The fourth-order valence-electron chi connectivity index (χ4n) is 11.0. The standard InChI is InChI=1S/C50H50N8O7/c1-24(2)39(55-49(61)64-4)48(60)58-43-36-37(43)38(36)44(58)46-52-34-18-14-30-21-28(12-16-32(30)42(34)54-46)27-11-15-31-29(20-27)13-17-33-41(31)53-45(51-33)35-19-25(23-63-3)22-57(35)47(59)40(56-50(62)65-5)26-9-7-6-8-10-26/h6-18,20-21,24-25,35-40,43-44H,19,22-23H2,1-5H3,(H,51,53)(H,52,54)(H,55,61)(H,56,62)/t25-,35-,36+,37?,38?,39-,40+,43?,44-/m0/s1. The highest BCUT2D eigenvalue weighted by Crippen LogP contribution is 2.81. The summed E-state index contributed by atoms with van der Waals surface area (Å²) < 4.78 is 15.3. The smallest absolute Gasteiger partial charge is 0.407 e. The molecule has 5 heterocycles. The number of hydrogen-bond donors (Lipinski definition) is 4. The minimum absolute atomic E-state index is 0.0738. The quantitative estimate of drug-likeness (QED) is 0.102. The first kappa shape index (κ1) is 40.8. The molecule has 4 N–H and O–H groups in total. The molecule has 4 amide bonds. The highest BCUT2D eigenvalue weighted by atomic mass is 16.5. The van der Waals surface area contributed by atoms with E-state index in [1.54, 1.807) is 12.0 Å². The van der Waals surface area contributed by atoms with Crippen LogP contribution >= 0.6 is 0 Å². The molecular formula is C50H50N8O7. The third-order valence-corrected chi connectivity index (χ3v) is 14.3. The van der Waals surface area contributed by atoms with Gasteiger partial charge in [0.25, 0.3) is 5.91 Å². The van der Waals surface area contributed by atoms with Gasteiger partial charge in [-0.3, -0.25) is 9.59 Å². The number of methoxy groups -OCH3 is 3. The van der Waals surface area contributed by atoms with Gasteiger partial charge in [0, 0.05) is 36.4 Å². The van der Waals surface area contributed by atoms with Crippen molar-refractivity contribution in [2.24, 2.45) is 29.6 Å². The number of fused-ring (bicyclic) bond motifs is 7. The van der Waals surface area contributed by atoms with E-state index in [4.69, 9.17) is 24.2 Å². The summed E-state index contributed by atoms with van der Waals surface area (Å²) in [4.78, 5) is 74.3. The summed E-state index contributed by atoms with van der Waals surface area (Å²) in [5.41, 5.74) is 6.24. The molecule has 3 aliphatic heterocycles. The van der Waals surface area contributed by atoms with Gasteiger partial charge < -0.3 is 44.6 Å². The van der Waals surface area contributed by atoms with Crippen molar-refractivity contribution in [3.63, 3.8) is 0 Å². The number of nitrogens with one attached hydrogen (secondary N) is 4. The van der Waals surface area contributed by atoms with Crippen LogP contribution < -0.4 is 10.6 Å². The molecule has 5 aromatic carbocycles. The first-order chi connectivity index (χ1) is 31.6. The zero-order valence-corrected chi connectivity index (χ0v) is 36.7. The second-order valence-electron chi connectivity index (χ2n) is 18.4. The minimum atomic E-state index is -0.942. The van der Waals surface area contributed by atoms with Gasteiger partial charge in [0.2, 0.25) is 5.91 Å². The van der Waals surface area contributed by atoms with Gasteiger partial charge in [-0.25, -0.2) is 19.6 Å². The molecule has 65 heavy (non-hydrogen) atoms. The monoisotopic (exact) mass is 874 g/mol. The van der Waals surface area contributed by atoms with Crippen LogP contribution in [0.4, 0.5) is 9.59 Å². The number of aromatic nitrogens is 4. The van der Waals surface area contributed by atoms with Crippen molar-refractivity contribution in [1.82, 2.24) is 40.4 Å². The van der Waals surface area contributed by atoms with Crippen molar-refractivity contribution < 1.29 is 33.4 Å². The number of nitrogens with zero attached hydrogens (tertiary/aromatic N) is 4. The topological polar surface area (TPSA) is 184 Å². The second kappa shape index (κ2) is 15.6. The maximum atomic E-state index is 14.4. The highest BCUT2D eigenvalue weighted by Gasteiger charge is 2.86. The SMILES string of the molecule is COC[C@H]1C[C@@H](c2nc3c(ccc4cc(-c5ccc6c(ccc7[nH]c([C@@H]8C9C%10C([C@H]%109)N8C(=O)[C@@H](NC(=O)OC)C(C)C)nc76)c5)ccc43)[nH]2)N(C(=O)[C@H](NC(=O)OC)c2ccccc2)C1. The zero-order valence-electron chi connectivity index (χ0n) is 36.7. The molecule has 2 aromatic heterocycles. The fourth-order valence-corrected chi connectivity index (χ4v) is 11.0. The van der Waals surface area contributed by atoms with Crippen molar-refractivity contribution in [3.05, 3.63) is 108 Å². The average molecular weight is 875 g/mol. The van der Waals surface area contributed by atoms with Crippen molar-refractivity contribution in [3.8, 4) is 11.1 Å². The second-order valence-corrected chi connectivity index (χ2v) is 18.4. The van der Waals surface area contributed by atoms with Crippen molar-refractivity contribution in [2.45, 2.75) is 50.5 Å². The molecule has 5 fully saturated rings. The van der Waals surface area contributed by atoms with E-state index in [9.17, 15) is 19.2 Å². The molecule has 2 aliphatic carbocycles. The van der Waals surface area contributed by atoms with E-state index >= 15 is 0 Å². The summed E-state index contributed by atoms with van der Waals surface area (Å²) in [6, 6.07) is 28.4. The Kier molecular flexibility index (Phi) is 9.79. The third-order valence-electron chi connectivity index (χ3n) is 14.3. The zero-order chi connectivity index (χ0) is 44.8. The van der Waals surface area contributed by atoms with E-state index in [1.165, 1.54) is 14.2 Å². The number of alkyl carbamates (subject to hydrolysis) is 2. The van der Waals surface area contributed by atoms with Crippen LogP contribution in [0.25, 0.3) is 54.7 Å². The van der Waals surface area contributed by atoms with Gasteiger partial charge in [0.05, 0.1) is 55.0 Å². The van der Waals surface area contributed by atoms with Crippen molar-refractivity contribution >= 4 is 67.6 Å². The Morgan fingerprint density at radius 2 is 1.32 bits per heavy atom. The number of aromatic amines is 2. The summed E-state index contributed by atoms with van der Waals surface area (Å²) in [7, 11) is 4.25. The van der Waals surface area contributed by atoms with E-state index in [1.807, 2.05) is 55.1 Å². The molecule has 332 valence electrons. The molecule has 3 unspecified atom stereocenters. The molecule has 15 heteroatoms. The molecule has 0 spiro atoms. The summed E-state index contributed by atoms with van der Waals surface area (Å²) in [6.07, 6.45) is -0.656. The Morgan fingerprint density at radius 1 is 0.723 bits per heavy atom. The number of imidazole rings is 2. The fraction of sp³-hybridized carbons (Fsp3) is 0.360. The normalized spacial score (nSPS) is 23.8. The van der Waals surface area contributed by atoms with Crippen LogP contribution in [-0.4, -0.2) is 100 Å². The van der Waals surface area contributed by atoms with Crippen LogP contribution in [0.2, 0.25) is 0 Å². The molecule has 2 bridgehead atoms. The lowest BCUT2D eigenvalue weighted by molar-refractivity contribution is -0.136. The maximum absolute atomic E-state index is 14.4. The Bertz CT molecular complexity index is 3050. The van der Waals surface area contributed by atoms with Gasteiger partial charge in [0.1, 0.15) is 23.7 Å². The Balaban J connectivity index is 0.873. The molecule has 7 aromatic rings. The summed E-state index contributed by atoms with van der Waals surface area (Å²) in [6.45, 7) is 4.79. The van der Waals surface area contributed by atoms with Crippen LogP contribution in [0.5, 0.6) is 0 Å². The van der Waals surface area contributed by atoms with E-state index in [-0.39, 0.29) is 41.8 Å². The number of hydrogen-bond acceptors (Lipinski definition) is 9. The lowest BCUT2D eigenvalue weighted by Crippen LogP contribution is -2.51. The van der Waals surface area contributed by atoms with Crippen LogP contribution in [0.15, 0.2) is 91.0 Å². The maximum Gasteiger partial charge on any atom is 0.407 e. The van der Waals surface area contributed by atoms with Crippen LogP contribution in [0.1, 0.15) is 55.6 Å². The number of rotatable bonds is 11. The number of ether oxygens (including phenoxy) is 3. The largest absolute Gasteiger partial charge is 0.453 e. The van der Waals surface area contributed by atoms with Gasteiger partial charge in [-0.15, -0.1) is 0 Å². The lowest BCUT2D eigenvalue weighted by atomic mass is 9.98. The highest BCUT2D eigenvalue weighted by molar-refractivity contribution is 6.07. The number of carbonyl (C=O) groups is 4. The van der Waals surface area contributed by atoms with E-state index in [2.05, 4.69) is 75.2 Å². The van der Waals surface area contributed by atoms with Gasteiger partial charge in [0.15, 0.2) is 0 Å². The summed E-state index contributed by atoms with van der Waals surface area (Å²) in [5, 5.41) is 9.61. The number of benzene rings is 5. The summed E-state index contributed by atoms with van der Waals surface area (Å²) in [5.74, 6) is 2.51. The first-order valence-electron chi connectivity index (χ1n) is 22.3. The number of piperidine rings is 1. The van der Waals surface area contributed by atoms with E-state index < -0.39 is 24.3 Å². The molecular weight excluding hydrogens is 825 g/mol. The number of carbonyl (C=O) groups excluding carboxylic acids is 4. The lowest BCUT2D eigenvalue weighted by Gasteiger charge is -2.29. The van der Waals surface area contributed by atoms with Crippen LogP contribution in [0, 0.1) is 29.6 Å². The average Bonchev–Trinajstić information content (AvgIpc) is 3.75. The Morgan fingerprint density at radius 3 is 1.92 bits per heavy atom. The number of amides is 4. The number of likely N-dealkylation sites (tertiary alicyclic amines) is 1. The van der Waals surface area contributed by atoms with Gasteiger partial charge in [-0.05, 0) is 81.8 Å². The first-order valence-corrected chi connectivity index (χ1v) is 22.3. The van der Waals surface area contributed by atoms with Gasteiger partial charge >= 0.3 is 12.2 Å². The van der Waals surface area contributed by atoms with Gasteiger partial charge in [-0.1, -0.05) is 80.6 Å². The number of H-pyrrole nitrogens is 2. The van der Waals surface area contributed by atoms with Crippen LogP contribution in [-0.2, 0) is 23.8 Å². The van der Waals surface area contributed by atoms with E-state index in [0.717, 1.165) is 60.6 Å². The Hall–Kier alpha value is -7.00. The van der Waals surface area contributed by atoms with Gasteiger partial charge in [-0.2, -0.15) is 0 Å². The van der Waals surface area contributed by atoms with Crippen molar-refractivity contribution in [2.75, 3.05) is 34.5 Å². The molecule has 15 nitrogen and oxygen atoms in total. The minimum Gasteiger partial charge on any atom is -0.453 e. The Labute approximate surface area is 374 Å². The van der Waals surface area contributed by atoms with E-state index in [0.29, 0.717) is 48.7 Å². The third kappa shape index (κ3) is 6.74. The molecule has 2 saturated carbocycles. The summed E-state index contributed by atoms with van der Waals surface area (Å²) >= 11 is 0. The molecule has 12 rings (SSSR count). The molecule has 3 saturated heterocycles. The predicted molar refractivity (Wildman–Crippen MR) is 243 cm³/mol. The molecule has 0 radical (unpaired) electrons. The molecule has 5 aliphatic rings. The molecule has 9 atom stereocenters. The predicted octanol–water partition coefficient (Wildman–Crippen LogP) is 7.55. The van der Waals surface area contributed by atoms with Crippen LogP contribution in [0.3, 0.4) is 0 Å².